The highest BCUT2D eigenvalue weighted by Gasteiger charge is 2.33. The first-order chi connectivity index (χ1) is 28.0. The molecule has 2 heterocycles. The Kier molecular flexibility index (Phi) is 15.7. The van der Waals surface area contributed by atoms with Gasteiger partial charge in [0.05, 0.1) is 28.4 Å². The minimum absolute atomic E-state index is 0.0838. The maximum absolute atomic E-state index is 12.9. The molecule has 322 valence electrons. The summed E-state index contributed by atoms with van der Waals surface area (Å²) >= 11 is 0. The topological polar surface area (TPSA) is 121 Å². The molecular weight excluding hydrogens is 774 g/mol. The van der Waals surface area contributed by atoms with Crippen LogP contribution in [0.3, 0.4) is 0 Å². The van der Waals surface area contributed by atoms with Gasteiger partial charge in [-0.2, -0.15) is 13.2 Å². The molecule has 10 nitrogen and oxygen atoms in total. The van der Waals surface area contributed by atoms with Gasteiger partial charge in [-0.05, 0) is 90.8 Å². The Labute approximate surface area is 350 Å². The summed E-state index contributed by atoms with van der Waals surface area (Å²) in [6.07, 6.45) is -3.95. The highest BCUT2D eigenvalue weighted by atomic mass is 19.4. The van der Waals surface area contributed by atoms with Crippen LogP contribution in [0.2, 0.25) is 0 Å². The third-order valence-corrected chi connectivity index (χ3v) is 8.97. The summed E-state index contributed by atoms with van der Waals surface area (Å²) in [6, 6.07) is 24.3. The average Bonchev–Trinajstić information content (AvgIpc) is 3.15. The SMILES string of the molecule is CC(C)(C)OC(=O)C(CCC(F)(F)F)N=C(c1ccccc1)c1ccccc1.Cc1nccc2c1c(=O)n(C)c1cc(OC[C@@H](CC(C)C)NC(=O)OC(C)(C)C)ccc21. The van der Waals surface area contributed by atoms with Crippen molar-refractivity contribution >= 4 is 39.4 Å². The summed E-state index contributed by atoms with van der Waals surface area (Å²) in [6.45, 7) is 16.9. The number of pyridine rings is 2. The standard InChI is InChI=1S/C25H33N3O4.C22H24F3NO2/c1-15(2)12-17(27-24(30)32-25(4,5)6)14-31-18-8-9-19-20-10-11-26-16(3)22(20)23(29)28(7)21(19)13-18;1-21(2,3)28-20(27)18(14-15-22(23,24)25)26-19(16-10-6-4-7-11-16)17-12-8-5-9-13-17/h8-11,13,15,17H,12,14H2,1-7H3,(H,27,30);4-13,18H,14-15H2,1-3H3/t17-;/m1./s1. The Morgan fingerprint density at radius 2 is 1.42 bits per heavy atom. The molecule has 5 aromatic rings. The van der Waals surface area contributed by atoms with Gasteiger partial charge in [-0.15, -0.1) is 0 Å². The van der Waals surface area contributed by atoms with Gasteiger partial charge in [-0.1, -0.05) is 74.5 Å². The van der Waals surface area contributed by atoms with Gasteiger partial charge in [0.2, 0.25) is 0 Å². The number of esters is 1. The molecule has 60 heavy (non-hydrogen) atoms. The lowest BCUT2D eigenvalue weighted by Gasteiger charge is -2.25. The van der Waals surface area contributed by atoms with Gasteiger partial charge in [0.15, 0.2) is 0 Å². The number of hydrogen-bond donors (Lipinski definition) is 1. The predicted molar refractivity (Wildman–Crippen MR) is 231 cm³/mol. The number of carbonyl (C=O) groups excluding carboxylic acids is 2. The van der Waals surface area contributed by atoms with Gasteiger partial charge in [0.25, 0.3) is 5.56 Å². The molecular formula is C47H57F3N4O6. The van der Waals surface area contributed by atoms with E-state index in [1.165, 1.54) is 0 Å². The van der Waals surface area contributed by atoms with Gasteiger partial charge in [0.1, 0.15) is 29.6 Å². The van der Waals surface area contributed by atoms with Crippen LogP contribution in [0.1, 0.15) is 91.5 Å². The summed E-state index contributed by atoms with van der Waals surface area (Å²) in [5.74, 6) is 0.248. The second-order valence-corrected chi connectivity index (χ2v) is 17.1. The monoisotopic (exact) mass is 830 g/mol. The van der Waals surface area contributed by atoms with E-state index in [4.69, 9.17) is 14.2 Å². The van der Waals surface area contributed by atoms with Crippen LogP contribution in [0.15, 0.2) is 101 Å². The van der Waals surface area contributed by atoms with E-state index in [-0.39, 0.29) is 11.6 Å². The van der Waals surface area contributed by atoms with E-state index in [2.05, 4.69) is 29.1 Å². The zero-order valence-corrected chi connectivity index (χ0v) is 36.1. The molecule has 0 aliphatic rings. The molecule has 0 spiro atoms. The number of rotatable bonds is 12. The maximum Gasteiger partial charge on any atom is 0.407 e. The van der Waals surface area contributed by atoms with Crippen molar-refractivity contribution < 1.29 is 37.0 Å². The van der Waals surface area contributed by atoms with Crippen molar-refractivity contribution in [2.45, 2.75) is 111 Å². The molecule has 3 aromatic carbocycles. The van der Waals surface area contributed by atoms with E-state index < -0.39 is 48.3 Å². The second kappa shape index (κ2) is 20.0. The van der Waals surface area contributed by atoms with Crippen LogP contribution in [-0.2, 0) is 21.3 Å². The molecule has 2 aromatic heterocycles. The molecule has 2 atom stereocenters. The van der Waals surface area contributed by atoms with Gasteiger partial charge in [0, 0.05) is 42.2 Å². The first kappa shape index (κ1) is 47.0. The zero-order valence-electron chi connectivity index (χ0n) is 36.1. The molecule has 0 radical (unpaired) electrons. The Morgan fingerprint density at radius 3 is 1.95 bits per heavy atom. The number of nitrogens with one attached hydrogen (secondary N) is 1. The molecule has 0 aliphatic heterocycles. The molecule has 13 heteroatoms. The highest BCUT2D eigenvalue weighted by molar-refractivity contribution is 6.13. The third kappa shape index (κ3) is 14.2. The number of halogens is 3. The van der Waals surface area contributed by atoms with E-state index >= 15 is 0 Å². The number of aliphatic imine (C=N–C) groups is 1. The van der Waals surface area contributed by atoms with Crippen LogP contribution in [0.5, 0.6) is 5.75 Å². The highest BCUT2D eigenvalue weighted by Crippen LogP contribution is 2.28. The molecule has 0 aliphatic carbocycles. The number of benzene rings is 3. The van der Waals surface area contributed by atoms with E-state index in [1.807, 2.05) is 113 Å². The van der Waals surface area contributed by atoms with Crippen LogP contribution in [0.25, 0.3) is 21.7 Å². The number of ether oxygens (including phenoxy) is 3. The van der Waals surface area contributed by atoms with Crippen LogP contribution in [0.4, 0.5) is 18.0 Å². The van der Waals surface area contributed by atoms with Crippen molar-refractivity contribution in [3.63, 3.8) is 0 Å². The van der Waals surface area contributed by atoms with Crippen molar-refractivity contribution in [3.05, 3.63) is 118 Å². The maximum atomic E-state index is 12.9. The number of amides is 1. The molecule has 0 saturated heterocycles. The number of aryl methyl sites for hydroxylation is 2. The number of hydrogen-bond acceptors (Lipinski definition) is 8. The van der Waals surface area contributed by atoms with Gasteiger partial charge in [-0.3, -0.25) is 14.8 Å². The summed E-state index contributed by atoms with van der Waals surface area (Å²) in [5, 5.41) is 5.39. The van der Waals surface area contributed by atoms with Gasteiger partial charge < -0.3 is 24.1 Å². The largest absolute Gasteiger partial charge is 0.491 e. The second-order valence-electron chi connectivity index (χ2n) is 17.1. The first-order valence-electron chi connectivity index (χ1n) is 20.0. The summed E-state index contributed by atoms with van der Waals surface area (Å²) in [7, 11) is 1.76. The lowest BCUT2D eigenvalue weighted by Crippen LogP contribution is -2.42. The lowest BCUT2D eigenvalue weighted by atomic mass is 10.0. The molecule has 1 N–H and O–H groups in total. The summed E-state index contributed by atoms with van der Waals surface area (Å²) in [5.41, 5.74) is 1.93. The number of alkyl carbamates (subject to hydrolysis) is 1. The normalized spacial score (nSPS) is 12.9. The fourth-order valence-electron chi connectivity index (χ4n) is 6.42. The van der Waals surface area contributed by atoms with Crippen LogP contribution < -0.4 is 15.6 Å². The quantitative estimate of drug-likeness (QED) is 0.0755. The Morgan fingerprint density at radius 1 is 0.833 bits per heavy atom. The number of aromatic nitrogens is 2. The molecule has 0 saturated carbocycles. The molecule has 1 unspecified atom stereocenters. The minimum Gasteiger partial charge on any atom is -0.491 e. The Bertz CT molecular complexity index is 2270. The van der Waals surface area contributed by atoms with Crippen molar-refractivity contribution in [2.75, 3.05) is 6.61 Å². The number of nitrogens with zero attached hydrogens (tertiary/aromatic N) is 3. The zero-order chi connectivity index (χ0) is 44.4. The van der Waals surface area contributed by atoms with E-state index in [1.54, 1.807) is 38.6 Å². The van der Waals surface area contributed by atoms with E-state index in [9.17, 15) is 27.6 Å². The van der Waals surface area contributed by atoms with E-state index in [0.29, 0.717) is 40.5 Å². The van der Waals surface area contributed by atoms with Crippen LogP contribution in [-0.4, -0.2) is 63.4 Å². The van der Waals surface area contributed by atoms with Gasteiger partial charge >= 0.3 is 18.2 Å². The Balaban J connectivity index is 0.000000267. The fraction of sp³-hybridized carbons (Fsp3) is 0.426. The average molecular weight is 831 g/mol. The third-order valence-electron chi connectivity index (χ3n) is 8.97. The fourth-order valence-corrected chi connectivity index (χ4v) is 6.42. The summed E-state index contributed by atoms with van der Waals surface area (Å²) < 4.78 is 56.8. The summed E-state index contributed by atoms with van der Waals surface area (Å²) in [4.78, 5) is 46.4. The lowest BCUT2D eigenvalue weighted by molar-refractivity contribution is -0.159. The molecule has 0 bridgehead atoms. The smallest absolute Gasteiger partial charge is 0.407 e. The van der Waals surface area contributed by atoms with Crippen LogP contribution in [0, 0.1) is 12.8 Å². The predicted octanol–water partition coefficient (Wildman–Crippen LogP) is 10.3. The number of alkyl halides is 3. The van der Waals surface area contributed by atoms with Crippen molar-refractivity contribution in [3.8, 4) is 5.75 Å². The molecule has 5 rings (SSSR count). The van der Waals surface area contributed by atoms with Crippen molar-refractivity contribution in [2.24, 2.45) is 18.0 Å². The Hall–Kier alpha value is -5.72. The minimum atomic E-state index is -4.38. The number of carbonyl (C=O) groups is 2. The molecule has 0 fully saturated rings. The van der Waals surface area contributed by atoms with E-state index in [0.717, 1.165) is 28.4 Å². The van der Waals surface area contributed by atoms with Crippen molar-refractivity contribution in [1.82, 2.24) is 14.9 Å². The number of fused-ring (bicyclic) bond motifs is 3. The van der Waals surface area contributed by atoms with Gasteiger partial charge in [-0.25, -0.2) is 9.59 Å². The van der Waals surface area contributed by atoms with Crippen LogP contribution >= 0.6 is 0 Å². The van der Waals surface area contributed by atoms with Crippen molar-refractivity contribution in [1.29, 1.82) is 0 Å². The molecule has 1 amide bonds. The first-order valence-corrected chi connectivity index (χ1v) is 20.0.